The molecule has 1 aromatic heterocycles. The van der Waals surface area contributed by atoms with E-state index in [1.165, 1.54) is 26.1 Å². The summed E-state index contributed by atoms with van der Waals surface area (Å²) >= 11 is 0. The average molecular weight is 265 g/mol. The third kappa shape index (κ3) is 4.64. The smallest absolute Gasteiger partial charge is 0.117 e. The lowest BCUT2D eigenvalue weighted by atomic mass is 10.1. The van der Waals surface area contributed by atoms with E-state index in [0.717, 1.165) is 24.8 Å². The van der Waals surface area contributed by atoms with Gasteiger partial charge in [0.2, 0.25) is 0 Å². The third-order valence-electron chi connectivity index (χ3n) is 4.11. The molecule has 0 aliphatic carbocycles. The summed E-state index contributed by atoms with van der Waals surface area (Å²) in [6.45, 7) is 7.80. The van der Waals surface area contributed by atoms with E-state index in [1.54, 1.807) is 6.26 Å². The van der Waals surface area contributed by atoms with Gasteiger partial charge in [0.05, 0.1) is 12.8 Å². The normalized spacial score (nSPS) is 22.2. The third-order valence-corrected chi connectivity index (χ3v) is 4.11. The molecule has 1 aliphatic heterocycles. The Morgan fingerprint density at radius 1 is 1.58 bits per heavy atom. The van der Waals surface area contributed by atoms with Crippen LogP contribution >= 0.6 is 0 Å². The molecule has 19 heavy (non-hydrogen) atoms. The van der Waals surface area contributed by atoms with Gasteiger partial charge in [-0.2, -0.15) is 0 Å². The van der Waals surface area contributed by atoms with Crippen LogP contribution in [0.5, 0.6) is 0 Å². The number of nitrogens with one attached hydrogen (secondary N) is 1. The van der Waals surface area contributed by atoms with Crippen LogP contribution in [0.15, 0.2) is 22.8 Å². The van der Waals surface area contributed by atoms with Gasteiger partial charge in [0.1, 0.15) is 5.76 Å². The van der Waals surface area contributed by atoms with Crippen LogP contribution < -0.4 is 5.32 Å². The van der Waals surface area contributed by atoms with Gasteiger partial charge in [-0.1, -0.05) is 0 Å². The zero-order valence-electron chi connectivity index (χ0n) is 12.4. The second-order valence-corrected chi connectivity index (χ2v) is 5.92. The molecule has 2 atom stereocenters. The molecule has 1 aliphatic rings. The Hall–Kier alpha value is -0.840. The maximum absolute atomic E-state index is 5.31. The molecule has 4 heteroatoms. The molecule has 0 aromatic carbocycles. The molecule has 1 N–H and O–H groups in total. The number of likely N-dealkylation sites (tertiary alicyclic amines) is 1. The first kappa shape index (κ1) is 14.6. The SMILES string of the molecule is CC(CNCc1ccco1)N(C)CC1CCN(C)C1. The van der Waals surface area contributed by atoms with Crippen LogP contribution in [0.2, 0.25) is 0 Å². The van der Waals surface area contributed by atoms with Gasteiger partial charge in [-0.25, -0.2) is 0 Å². The van der Waals surface area contributed by atoms with Gasteiger partial charge in [0, 0.05) is 25.7 Å². The first-order chi connectivity index (χ1) is 9.15. The number of hydrogen-bond acceptors (Lipinski definition) is 4. The lowest BCUT2D eigenvalue weighted by Crippen LogP contribution is -2.40. The molecule has 2 rings (SSSR count). The van der Waals surface area contributed by atoms with Crippen molar-refractivity contribution >= 4 is 0 Å². The highest BCUT2D eigenvalue weighted by Crippen LogP contribution is 2.15. The average Bonchev–Trinajstić information content (AvgIpc) is 3.01. The molecule has 0 radical (unpaired) electrons. The van der Waals surface area contributed by atoms with Gasteiger partial charge < -0.3 is 19.5 Å². The molecular formula is C15H27N3O. The van der Waals surface area contributed by atoms with Gasteiger partial charge in [-0.05, 0) is 52.0 Å². The van der Waals surface area contributed by atoms with Crippen molar-refractivity contribution in [3.05, 3.63) is 24.2 Å². The topological polar surface area (TPSA) is 31.7 Å². The molecule has 108 valence electrons. The van der Waals surface area contributed by atoms with Crippen LogP contribution in [-0.2, 0) is 6.54 Å². The van der Waals surface area contributed by atoms with E-state index in [0.29, 0.717) is 6.04 Å². The number of rotatable bonds is 7. The molecule has 1 fully saturated rings. The molecule has 0 amide bonds. The molecule has 4 nitrogen and oxygen atoms in total. The Kier molecular flexibility index (Phi) is 5.43. The first-order valence-electron chi connectivity index (χ1n) is 7.27. The van der Waals surface area contributed by atoms with Crippen molar-refractivity contribution < 1.29 is 4.42 Å². The van der Waals surface area contributed by atoms with E-state index in [-0.39, 0.29) is 0 Å². The summed E-state index contributed by atoms with van der Waals surface area (Å²) in [5.41, 5.74) is 0. The summed E-state index contributed by atoms with van der Waals surface area (Å²) < 4.78 is 5.31. The predicted molar refractivity (Wildman–Crippen MR) is 78.1 cm³/mol. The molecule has 0 saturated carbocycles. The summed E-state index contributed by atoms with van der Waals surface area (Å²) in [6, 6.07) is 4.50. The number of hydrogen-bond donors (Lipinski definition) is 1. The monoisotopic (exact) mass is 265 g/mol. The van der Waals surface area contributed by atoms with Crippen molar-refractivity contribution in [1.29, 1.82) is 0 Å². The van der Waals surface area contributed by atoms with E-state index < -0.39 is 0 Å². The largest absolute Gasteiger partial charge is 0.468 e. The molecule has 0 spiro atoms. The Bertz CT molecular complexity index is 352. The highest BCUT2D eigenvalue weighted by atomic mass is 16.3. The van der Waals surface area contributed by atoms with E-state index in [2.05, 4.69) is 36.1 Å². The Balaban J connectivity index is 1.63. The maximum Gasteiger partial charge on any atom is 0.117 e. The number of nitrogens with zero attached hydrogens (tertiary/aromatic N) is 2. The molecule has 0 bridgehead atoms. The number of likely N-dealkylation sites (N-methyl/N-ethyl adjacent to an activating group) is 1. The predicted octanol–water partition coefficient (Wildman–Crippen LogP) is 1.64. The van der Waals surface area contributed by atoms with Crippen LogP contribution in [0.1, 0.15) is 19.1 Å². The summed E-state index contributed by atoms with van der Waals surface area (Å²) in [6.07, 6.45) is 3.07. The molecule has 1 saturated heterocycles. The van der Waals surface area contributed by atoms with Gasteiger partial charge in [-0.3, -0.25) is 0 Å². The highest BCUT2D eigenvalue weighted by Gasteiger charge is 2.22. The Labute approximate surface area is 116 Å². The lowest BCUT2D eigenvalue weighted by Gasteiger charge is -2.27. The van der Waals surface area contributed by atoms with Gasteiger partial charge in [0.15, 0.2) is 0 Å². The van der Waals surface area contributed by atoms with Crippen molar-refractivity contribution in [2.24, 2.45) is 5.92 Å². The second kappa shape index (κ2) is 7.08. The van der Waals surface area contributed by atoms with Crippen LogP contribution in [0.25, 0.3) is 0 Å². The Morgan fingerprint density at radius 3 is 3.05 bits per heavy atom. The van der Waals surface area contributed by atoms with E-state index in [9.17, 15) is 0 Å². The first-order valence-corrected chi connectivity index (χ1v) is 7.27. The van der Waals surface area contributed by atoms with E-state index in [1.807, 2.05) is 12.1 Å². The minimum Gasteiger partial charge on any atom is -0.468 e. The maximum atomic E-state index is 5.31. The van der Waals surface area contributed by atoms with Crippen LogP contribution in [0.4, 0.5) is 0 Å². The van der Waals surface area contributed by atoms with Crippen molar-refractivity contribution in [3.8, 4) is 0 Å². The van der Waals surface area contributed by atoms with Crippen molar-refractivity contribution in [3.63, 3.8) is 0 Å². The molecule has 2 unspecified atom stereocenters. The lowest BCUT2D eigenvalue weighted by molar-refractivity contribution is 0.212. The minimum atomic E-state index is 0.556. The quantitative estimate of drug-likeness (QED) is 0.812. The summed E-state index contributed by atoms with van der Waals surface area (Å²) in [7, 11) is 4.45. The fourth-order valence-corrected chi connectivity index (χ4v) is 2.74. The van der Waals surface area contributed by atoms with Gasteiger partial charge >= 0.3 is 0 Å². The van der Waals surface area contributed by atoms with E-state index >= 15 is 0 Å². The molecule has 1 aromatic rings. The fraction of sp³-hybridized carbons (Fsp3) is 0.733. The van der Waals surface area contributed by atoms with E-state index in [4.69, 9.17) is 4.42 Å². The van der Waals surface area contributed by atoms with Crippen molar-refractivity contribution in [2.75, 3.05) is 40.3 Å². The summed E-state index contributed by atoms with van der Waals surface area (Å²) in [5.74, 6) is 1.84. The highest BCUT2D eigenvalue weighted by molar-refractivity contribution is 4.97. The fourth-order valence-electron chi connectivity index (χ4n) is 2.74. The van der Waals surface area contributed by atoms with Crippen LogP contribution in [-0.4, -0.2) is 56.1 Å². The minimum absolute atomic E-state index is 0.556. The summed E-state index contributed by atoms with van der Waals surface area (Å²) in [4.78, 5) is 4.90. The number of furan rings is 1. The Morgan fingerprint density at radius 2 is 2.42 bits per heavy atom. The van der Waals surface area contributed by atoms with Crippen LogP contribution in [0.3, 0.4) is 0 Å². The van der Waals surface area contributed by atoms with Crippen LogP contribution in [0, 0.1) is 5.92 Å². The van der Waals surface area contributed by atoms with Crippen molar-refractivity contribution in [1.82, 2.24) is 15.1 Å². The standard InChI is InChI=1S/C15H27N3O/c1-13(9-16-10-15-5-4-8-19-15)18(3)12-14-6-7-17(2)11-14/h4-5,8,13-14,16H,6-7,9-12H2,1-3H3. The summed E-state index contributed by atoms with van der Waals surface area (Å²) in [5, 5.41) is 3.46. The molecule has 2 heterocycles. The van der Waals surface area contributed by atoms with Gasteiger partial charge in [0.25, 0.3) is 0 Å². The van der Waals surface area contributed by atoms with Gasteiger partial charge in [-0.15, -0.1) is 0 Å². The zero-order valence-corrected chi connectivity index (χ0v) is 12.4. The van der Waals surface area contributed by atoms with Crippen molar-refractivity contribution in [2.45, 2.75) is 25.9 Å². The zero-order chi connectivity index (χ0) is 13.7. The second-order valence-electron chi connectivity index (χ2n) is 5.92. The molecular weight excluding hydrogens is 238 g/mol.